The molecular weight excluding hydrogens is 529 g/mol. The first kappa shape index (κ1) is 29.9. The zero-order valence-corrected chi connectivity index (χ0v) is 23.8. The van der Waals surface area contributed by atoms with Gasteiger partial charge in [0.05, 0.1) is 23.1 Å². The molecule has 0 aliphatic carbocycles. The summed E-state index contributed by atoms with van der Waals surface area (Å²) in [7, 11) is 0. The van der Waals surface area contributed by atoms with Crippen molar-refractivity contribution in [2.24, 2.45) is 21.9 Å². The summed E-state index contributed by atoms with van der Waals surface area (Å²) in [6.07, 6.45) is 7.25. The summed E-state index contributed by atoms with van der Waals surface area (Å²) in [6, 6.07) is 4.98. The zero-order valence-electron chi connectivity index (χ0n) is 18.9. The third-order valence-electron chi connectivity index (χ3n) is 4.51. The van der Waals surface area contributed by atoms with Gasteiger partial charge in [0, 0.05) is 6.21 Å². The summed E-state index contributed by atoms with van der Waals surface area (Å²) in [5.74, 6) is -2.00. The molecule has 2 unspecified atom stereocenters. The molecule has 2 N–H and O–H groups in total. The van der Waals surface area contributed by atoms with Gasteiger partial charge in [-0.15, -0.1) is 0 Å². The third kappa shape index (κ3) is 9.55. The Morgan fingerprint density at radius 3 is 2.16 bits per heavy atom. The largest absolute Gasteiger partial charge is 2.00 e. The maximum Gasteiger partial charge on any atom is 2.00 e. The second-order valence-corrected chi connectivity index (χ2v) is 7.88. The average Bonchev–Trinajstić information content (AvgIpc) is 2.95. The van der Waals surface area contributed by atoms with E-state index in [9.17, 15) is 19.5 Å². The molecule has 0 spiro atoms. The Bertz CT molecular complexity index is 859. The molecule has 32 heavy (non-hydrogen) atoms. The Balaban J connectivity index is 0.000000585. The SMILES string of the molecule is CC(C(=O)[O-])N1C(=O)c2ccccc2C1=O.CC(C)=CCCC(C)C/C=N/N=C(/N)[S-].[Cd+2]. The van der Waals surface area contributed by atoms with Crippen molar-refractivity contribution in [3.8, 4) is 0 Å². The van der Waals surface area contributed by atoms with E-state index in [1.165, 1.54) is 31.1 Å². The molecule has 1 aliphatic rings. The Kier molecular flexibility index (Phi) is 13.8. The quantitative estimate of drug-likeness (QED) is 0.0992. The van der Waals surface area contributed by atoms with Crippen molar-refractivity contribution in [2.75, 3.05) is 0 Å². The van der Waals surface area contributed by atoms with E-state index in [1.807, 2.05) is 0 Å². The number of aliphatic carboxylic acids is 1. The number of benzene rings is 1. The Morgan fingerprint density at radius 1 is 1.19 bits per heavy atom. The summed E-state index contributed by atoms with van der Waals surface area (Å²) in [5, 5.41) is 18.1. The van der Waals surface area contributed by atoms with E-state index in [-0.39, 0.29) is 43.6 Å². The van der Waals surface area contributed by atoms with Crippen LogP contribution in [0.25, 0.3) is 0 Å². The van der Waals surface area contributed by atoms with Gasteiger partial charge in [-0.1, -0.05) is 30.7 Å². The number of nitrogens with zero attached hydrogens (tertiary/aromatic N) is 3. The average molecular weight is 557 g/mol. The number of carbonyl (C=O) groups excluding carboxylic acids is 3. The summed E-state index contributed by atoms with van der Waals surface area (Å²) in [4.78, 5) is 34.9. The predicted molar refractivity (Wildman–Crippen MR) is 121 cm³/mol. The van der Waals surface area contributed by atoms with Crippen LogP contribution in [0.15, 0.2) is 46.1 Å². The molecule has 0 saturated heterocycles. The van der Waals surface area contributed by atoms with E-state index in [4.69, 9.17) is 5.73 Å². The van der Waals surface area contributed by atoms with E-state index in [0.717, 1.165) is 12.8 Å². The van der Waals surface area contributed by atoms with E-state index >= 15 is 0 Å². The molecular formula is C22H28CdN4O4S. The van der Waals surface area contributed by atoms with Gasteiger partial charge in [0.15, 0.2) is 0 Å². The van der Waals surface area contributed by atoms with Crippen LogP contribution in [0.1, 0.15) is 67.7 Å². The van der Waals surface area contributed by atoms with Gasteiger partial charge in [-0.05, 0) is 63.3 Å². The first-order valence-electron chi connectivity index (χ1n) is 9.89. The number of hydrogen-bond acceptors (Lipinski definition) is 7. The van der Waals surface area contributed by atoms with Crippen molar-refractivity contribution in [3.63, 3.8) is 0 Å². The maximum atomic E-state index is 11.8. The minimum atomic E-state index is -1.45. The monoisotopic (exact) mass is 558 g/mol. The van der Waals surface area contributed by atoms with E-state index in [2.05, 4.69) is 49.7 Å². The molecule has 1 aliphatic heterocycles. The van der Waals surface area contributed by atoms with Gasteiger partial charge in [0.2, 0.25) is 0 Å². The number of amides is 2. The number of imide groups is 1. The molecule has 2 atom stereocenters. The number of rotatable bonds is 8. The van der Waals surface area contributed by atoms with Gasteiger partial charge < -0.3 is 28.3 Å². The van der Waals surface area contributed by atoms with Crippen molar-refractivity contribution in [1.82, 2.24) is 4.90 Å². The number of allylic oxidation sites excluding steroid dienone is 2. The van der Waals surface area contributed by atoms with Crippen LogP contribution in [0.2, 0.25) is 0 Å². The summed E-state index contributed by atoms with van der Waals surface area (Å²) < 4.78 is 0. The Hall–Kier alpha value is -2.15. The molecule has 0 bridgehead atoms. The number of nitrogens with two attached hydrogens (primary N) is 1. The molecule has 168 valence electrons. The van der Waals surface area contributed by atoms with Crippen LogP contribution in [-0.4, -0.2) is 40.1 Å². The molecule has 0 aromatic heterocycles. The fourth-order valence-electron chi connectivity index (χ4n) is 2.76. The number of hydrogen-bond donors (Lipinski definition) is 1. The molecule has 2 rings (SSSR count). The van der Waals surface area contributed by atoms with Crippen molar-refractivity contribution in [3.05, 3.63) is 47.0 Å². The maximum absolute atomic E-state index is 11.8. The minimum absolute atomic E-state index is 0. The summed E-state index contributed by atoms with van der Waals surface area (Å²) in [6.45, 7) is 7.68. The number of amidine groups is 1. The zero-order chi connectivity index (χ0) is 23.6. The van der Waals surface area contributed by atoms with Crippen LogP contribution in [0, 0.1) is 5.92 Å². The fourth-order valence-corrected chi connectivity index (χ4v) is 2.81. The van der Waals surface area contributed by atoms with Crippen LogP contribution in [0.4, 0.5) is 0 Å². The minimum Gasteiger partial charge on any atom is -0.741 e. The number of carboxylic acid groups (broad SMARTS) is 1. The molecule has 1 heterocycles. The van der Waals surface area contributed by atoms with Crippen LogP contribution in [-0.2, 0) is 44.7 Å². The second-order valence-electron chi connectivity index (χ2n) is 7.46. The van der Waals surface area contributed by atoms with E-state index < -0.39 is 23.8 Å². The summed E-state index contributed by atoms with van der Waals surface area (Å²) in [5.41, 5.74) is 7.01. The third-order valence-corrected chi connectivity index (χ3v) is 4.59. The topological polar surface area (TPSA) is 128 Å². The number of carbonyl (C=O) groups is 3. The summed E-state index contributed by atoms with van der Waals surface area (Å²) >= 11 is 4.56. The van der Waals surface area contributed by atoms with Crippen molar-refractivity contribution in [1.29, 1.82) is 0 Å². The second kappa shape index (κ2) is 14.8. The standard InChI is InChI=1S/C11H21N3S.C11H9NO4.Cd/c1-9(2)5-4-6-10(3)7-8-13-14-11(12)15;1-6(11(15)16)12-9(13)7-4-2-3-5-8(7)10(12)14;/h5,8,10H,4,6-7H2,1-3H3,(H3,12,14,15);2-6H,1H3,(H,15,16);/q;;+2/p-2/b13-8+;;. The first-order chi connectivity index (χ1) is 14.6. The van der Waals surface area contributed by atoms with Crippen molar-refractivity contribution in [2.45, 2.75) is 53.0 Å². The molecule has 8 nitrogen and oxygen atoms in total. The molecule has 0 saturated carbocycles. The smallest absolute Gasteiger partial charge is 0.741 e. The number of fused-ring (bicyclic) bond motifs is 1. The van der Waals surface area contributed by atoms with Crippen molar-refractivity contribution >= 4 is 41.8 Å². The first-order valence-corrected chi connectivity index (χ1v) is 10.3. The van der Waals surface area contributed by atoms with Gasteiger partial charge in [0.1, 0.15) is 0 Å². The van der Waals surface area contributed by atoms with E-state index in [0.29, 0.717) is 10.8 Å². The molecule has 2 amide bonds. The van der Waals surface area contributed by atoms with Crippen LogP contribution in [0.3, 0.4) is 0 Å². The molecule has 1 aromatic rings. The normalized spacial score (nSPS) is 14.8. The Labute approximate surface area is 214 Å². The Morgan fingerprint density at radius 2 is 1.72 bits per heavy atom. The molecule has 0 fully saturated rings. The van der Waals surface area contributed by atoms with Gasteiger partial charge in [-0.3, -0.25) is 14.5 Å². The predicted octanol–water partition coefficient (Wildman–Crippen LogP) is 2.02. The van der Waals surface area contributed by atoms with Gasteiger partial charge in [-0.2, -0.15) is 10.2 Å². The van der Waals surface area contributed by atoms with Gasteiger partial charge in [0.25, 0.3) is 11.8 Å². The van der Waals surface area contributed by atoms with Crippen LogP contribution < -0.4 is 10.8 Å². The molecule has 0 radical (unpaired) electrons. The van der Waals surface area contributed by atoms with Crippen LogP contribution in [0.5, 0.6) is 0 Å². The molecule has 10 heteroatoms. The van der Waals surface area contributed by atoms with Crippen LogP contribution >= 0.6 is 0 Å². The van der Waals surface area contributed by atoms with Crippen molar-refractivity contribution < 1.29 is 46.8 Å². The van der Waals surface area contributed by atoms with E-state index in [1.54, 1.807) is 18.3 Å². The fraction of sp³-hybridized carbons (Fsp3) is 0.409. The van der Waals surface area contributed by atoms with Gasteiger partial charge in [-0.25, -0.2) is 0 Å². The van der Waals surface area contributed by atoms with Gasteiger partial charge >= 0.3 is 27.3 Å². The number of carboxylic acids is 1. The molecule has 1 aromatic carbocycles.